The molecule has 0 spiro atoms. The normalized spacial score (nSPS) is 16.4. The third-order valence-corrected chi connectivity index (χ3v) is 8.31. The number of hydrogen-bond donors (Lipinski definition) is 0. The van der Waals surface area contributed by atoms with Gasteiger partial charge in [0, 0.05) is 13.1 Å². The molecule has 188 valence electrons. The fourth-order valence-corrected chi connectivity index (χ4v) is 6.07. The molecule has 3 aromatic carbocycles. The number of unbranched alkanes of at least 4 members (excludes halogenated alkanes) is 2. The monoisotopic (exact) mass is 477 g/mol. The topological polar surface area (TPSA) is 3.24 Å². The zero-order valence-corrected chi connectivity index (χ0v) is 22.7. The molecule has 0 amide bonds. The van der Waals surface area contributed by atoms with Gasteiger partial charge >= 0.3 is 0 Å². The lowest BCUT2D eigenvalue weighted by Crippen LogP contribution is -2.32. The molecule has 0 unspecified atom stereocenters. The molecule has 1 aliphatic heterocycles. The number of benzene rings is 3. The van der Waals surface area contributed by atoms with Crippen molar-refractivity contribution in [2.24, 2.45) is 0 Å². The van der Waals surface area contributed by atoms with Crippen LogP contribution in [0.25, 0.3) is 5.57 Å². The summed E-state index contributed by atoms with van der Waals surface area (Å²) in [6, 6.07) is 27.6. The number of aryl methyl sites for hydroxylation is 3. The maximum absolute atomic E-state index is 2.71. The van der Waals surface area contributed by atoms with E-state index in [4.69, 9.17) is 0 Å². The van der Waals surface area contributed by atoms with E-state index < -0.39 is 0 Å². The van der Waals surface area contributed by atoms with Gasteiger partial charge in [-0.25, -0.2) is 0 Å². The molecule has 2 aliphatic rings. The molecule has 1 fully saturated rings. The Hall–Kier alpha value is -2.64. The minimum atomic E-state index is 0.242. The lowest BCUT2D eigenvalue weighted by Gasteiger charge is -2.30. The van der Waals surface area contributed by atoms with Gasteiger partial charge in [0.05, 0.1) is 0 Å². The molecule has 36 heavy (non-hydrogen) atoms. The third-order valence-electron chi connectivity index (χ3n) is 8.31. The van der Waals surface area contributed by atoms with Crippen molar-refractivity contribution >= 4 is 5.57 Å². The van der Waals surface area contributed by atoms with E-state index in [1.54, 1.807) is 11.1 Å². The third kappa shape index (κ3) is 5.84. The summed E-state index contributed by atoms with van der Waals surface area (Å²) in [5, 5.41) is 0. The van der Waals surface area contributed by atoms with E-state index in [-0.39, 0.29) is 5.41 Å². The van der Waals surface area contributed by atoms with Gasteiger partial charge in [-0.1, -0.05) is 106 Å². The van der Waals surface area contributed by atoms with Crippen molar-refractivity contribution in [1.82, 2.24) is 4.90 Å². The van der Waals surface area contributed by atoms with E-state index in [0.717, 1.165) is 12.8 Å². The van der Waals surface area contributed by atoms with E-state index in [1.807, 2.05) is 0 Å². The van der Waals surface area contributed by atoms with Crippen molar-refractivity contribution in [3.8, 4) is 0 Å². The summed E-state index contributed by atoms with van der Waals surface area (Å²) in [6.07, 6.45) is 9.86. The Morgan fingerprint density at radius 1 is 0.639 bits per heavy atom. The first-order valence-corrected chi connectivity index (χ1v) is 14.2. The van der Waals surface area contributed by atoms with Gasteiger partial charge in [0.2, 0.25) is 0 Å². The molecule has 0 bridgehead atoms. The Bertz CT molecular complexity index is 1130. The standard InChI is InChI=1S/C35H43N/c1-35(2,3)31-20-16-27(17-21-31)11-5-4-10-24-36-25-22-30(23-26-36)34-32-14-8-6-12-28(32)18-19-29-13-7-9-15-33(29)34/h6-9,12-17,20-21H,4-5,10-11,18-19,22-26H2,1-3H3. The SMILES string of the molecule is CC(C)(C)c1ccc(CCCCCN2CCC(=C3c4ccccc4CCc4ccccc43)CC2)cc1. The summed E-state index contributed by atoms with van der Waals surface area (Å²) in [5.41, 5.74) is 12.4. The molecule has 1 heterocycles. The van der Waals surface area contributed by atoms with Crippen molar-refractivity contribution in [1.29, 1.82) is 0 Å². The van der Waals surface area contributed by atoms with Crippen LogP contribution in [0.2, 0.25) is 0 Å². The predicted molar refractivity (Wildman–Crippen MR) is 155 cm³/mol. The maximum atomic E-state index is 2.71. The second kappa shape index (κ2) is 11.2. The van der Waals surface area contributed by atoms with Crippen LogP contribution in [0, 0.1) is 0 Å². The van der Waals surface area contributed by atoms with Gasteiger partial charge in [-0.3, -0.25) is 0 Å². The van der Waals surface area contributed by atoms with Gasteiger partial charge in [0.1, 0.15) is 0 Å². The van der Waals surface area contributed by atoms with Crippen LogP contribution >= 0.6 is 0 Å². The molecule has 1 saturated heterocycles. The summed E-state index contributed by atoms with van der Waals surface area (Å²) in [4.78, 5) is 2.71. The Balaban J connectivity index is 1.15. The highest BCUT2D eigenvalue weighted by molar-refractivity contribution is 5.86. The Labute approximate surface area is 219 Å². The average molecular weight is 478 g/mol. The Morgan fingerprint density at radius 3 is 1.81 bits per heavy atom. The van der Waals surface area contributed by atoms with Gasteiger partial charge in [0.15, 0.2) is 0 Å². The van der Waals surface area contributed by atoms with E-state index in [2.05, 4.69) is 98.5 Å². The van der Waals surface area contributed by atoms with Gasteiger partial charge in [-0.15, -0.1) is 0 Å². The molecular formula is C35H43N. The molecule has 0 aromatic heterocycles. The number of hydrogen-bond acceptors (Lipinski definition) is 1. The average Bonchev–Trinajstić information content (AvgIpc) is 3.06. The summed E-state index contributed by atoms with van der Waals surface area (Å²) >= 11 is 0. The number of rotatable bonds is 6. The minimum Gasteiger partial charge on any atom is -0.303 e. The number of fused-ring (bicyclic) bond motifs is 2. The van der Waals surface area contributed by atoms with Crippen molar-refractivity contribution in [2.45, 2.75) is 77.6 Å². The van der Waals surface area contributed by atoms with Crippen LogP contribution in [0.3, 0.4) is 0 Å². The van der Waals surface area contributed by atoms with E-state index in [0.29, 0.717) is 0 Å². The molecule has 3 aromatic rings. The summed E-state index contributed by atoms with van der Waals surface area (Å²) in [5.74, 6) is 0. The summed E-state index contributed by atoms with van der Waals surface area (Å²) in [7, 11) is 0. The van der Waals surface area contributed by atoms with Gasteiger partial charge in [0.25, 0.3) is 0 Å². The first kappa shape index (κ1) is 25.0. The largest absolute Gasteiger partial charge is 0.303 e. The highest BCUT2D eigenvalue weighted by atomic mass is 15.1. The van der Waals surface area contributed by atoms with Crippen LogP contribution in [0.15, 0.2) is 78.4 Å². The molecule has 1 nitrogen and oxygen atoms in total. The fraction of sp³-hybridized carbons (Fsp3) is 0.429. The van der Waals surface area contributed by atoms with Crippen molar-refractivity contribution in [3.63, 3.8) is 0 Å². The smallest absolute Gasteiger partial charge is 0.00190 e. The van der Waals surface area contributed by atoms with Crippen molar-refractivity contribution in [2.75, 3.05) is 19.6 Å². The predicted octanol–water partition coefficient (Wildman–Crippen LogP) is 8.39. The zero-order valence-electron chi connectivity index (χ0n) is 22.7. The number of piperidine rings is 1. The molecule has 0 saturated carbocycles. The van der Waals surface area contributed by atoms with Gasteiger partial charge in [-0.2, -0.15) is 0 Å². The Morgan fingerprint density at radius 2 is 1.22 bits per heavy atom. The Kier molecular flexibility index (Phi) is 7.77. The first-order valence-electron chi connectivity index (χ1n) is 14.2. The molecule has 1 heteroatoms. The molecular weight excluding hydrogens is 434 g/mol. The lowest BCUT2D eigenvalue weighted by molar-refractivity contribution is 0.251. The van der Waals surface area contributed by atoms with Gasteiger partial charge < -0.3 is 4.90 Å². The van der Waals surface area contributed by atoms with Crippen molar-refractivity contribution < 1.29 is 0 Å². The molecule has 5 rings (SSSR count). The second-order valence-electron chi connectivity index (χ2n) is 11.9. The summed E-state index contributed by atoms with van der Waals surface area (Å²) < 4.78 is 0. The van der Waals surface area contributed by atoms with Crippen LogP contribution < -0.4 is 0 Å². The van der Waals surface area contributed by atoms with Crippen LogP contribution in [-0.4, -0.2) is 24.5 Å². The van der Waals surface area contributed by atoms with Crippen LogP contribution in [0.4, 0.5) is 0 Å². The van der Waals surface area contributed by atoms with Crippen molar-refractivity contribution in [3.05, 3.63) is 112 Å². The summed E-state index contributed by atoms with van der Waals surface area (Å²) in [6.45, 7) is 10.5. The van der Waals surface area contributed by atoms with E-state index in [9.17, 15) is 0 Å². The molecule has 1 aliphatic carbocycles. The van der Waals surface area contributed by atoms with E-state index in [1.165, 1.54) is 91.5 Å². The quantitative estimate of drug-likeness (QED) is 0.322. The minimum absolute atomic E-state index is 0.242. The maximum Gasteiger partial charge on any atom is 0.00190 e. The lowest BCUT2D eigenvalue weighted by atomic mass is 9.86. The highest BCUT2D eigenvalue weighted by Gasteiger charge is 2.23. The highest BCUT2D eigenvalue weighted by Crippen LogP contribution is 2.38. The second-order valence-corrected chi connectivity index (χ2v) is 11.9. The number of likely N-dealkylation sites (tertiary alicyclic amines) is 1. The van der Waals surface area contributed by atoms with Crippen LogP contribution in [-0.2, 0) is 24.7 Å². The molecule has 0 N–H and O–H groups in total. The fourth-order valence-electron chi connectivity index (χ4n) is 6.07. The number of nitrogens with zero attached hydrogens (tertiary/aromatic N) is 1. The molecule has 0 radical (unpaired) electrons. The van der Waals surface area contributed by atoms with Crippen LogP contribution in [0.5, 0.6) is 0 Å². The van der Waals surface area contributed by atoms with Gasteiger partial charge in [-0.05, 0) is 95.9 Å². The molecule has 0 atom stereocenters. The van der Waals surface area contributed by atoms with E-state index >= 15 is 0 Å². The zero-order chi connectivity index (χ0) is 25.0. The first-order chi connectivity index (χ1) is 17.5. The van der Waals surface area contributed by atoms with Crippen LogP contribution in [0.1, 0.15) is 86.3 Å².